The number of nitrogens with zero attached hydrogens (tertiary/aromatic N) is 1. The monoisotopic (exact) mass is 278 g/mol. The Bertz CT molecular complexity index is 476. The summed E-state index contributed by atoms with van der Waals surface area (Å²) in [5, 5.41) is 14.6. The molecule has 110 valence electrons. The normalized spacial score (nSPS) is 21.7. The van der Waals surface area contributed by atoms with E-state index in [1.54, 1.807) is 18.2 Å². The van der Waals surface area contributed by atoms with E-state index < -0.39 is 0 Å². The van der Waals surface area contributed by atoms with Gasteiger partial charge in [-0.05, 0) is 43.7 Å². The van der Waals surface area contributed by atoms with Crippen LogP contribution in [0.1, 0.15) is 39.5 Å². The van der Waals surface area contributed by atoms with Gasteiger partial charge in [-0.15, -0.1) is 0 Å². The van der Waals surface area contributed by atoms with Crippen molar-refractivity contribution in [1.29, 1.82) is 0 Å². The number of rotatable bonds is 6. The van der Waals surface area contributed by atoms with E-state index in [-0.39, 0.29) is 10.6 Å². The molecule has 1 aliphatic carbocycles. The van der Waals surface area contributed by atoms with Crippen LogP contribution in [-0.2, 0) is 0 Å². The summed E-state index contributed by atoms with van der Waals surface area (Å²) in [4.78, 5) is 11.0. The average molecular weight is 278 g/mol. The van der Waals surface area contributed by atoms with Gasteiger partial charge in [0.15, 0.2) is 5.75 Å². The van der Waals surface area contributed by atoms with Crippen molar-refractivity contribution < 1.29 is 9.66 Å². The lowest BCUT2D eigenvalue weighted by molar-refractivity contribution is -0.385. The smallest absolute Gasteiger partial charge is 0.333 e. The summed E-state index contributed by atoms with van der Waals surface area (Å²) >= 11 is 0. The minimum atomic E-state index is -0.355. The van der Waals surface area contributed by atoms with E-state index in [9.17, 15) is 10.1 Å². The molecule has 2 unspecified atom stereocenters. The molecule has 0 heterocycles. The zero-order valence-corrected chi connectivity index (χ0v) is 12.1. The first-order chi connectivity index (χ1) is 9.61. The van der Waals surface area contributed by atoms with Crippen LogP contribution in [0.25, 0.3) is 0 Å². The van der Waals surface area contributed by atoms with Crippen LogP contribution in [0, 0.1) is 16.0 Å². The van der Waals surface area contributed by atoms with Crippen molar-refractivity contribution in [1.82, 2.24) is 0 Å². The third kappa shape index (κ3) is 3.40. The second-order valence-electron chi connectivity index (χ2n) is 5.52. The summed E-state index contributed by atoms with van der Waals surface area (Å²) in [6.07, 6.45) is 4.14. The number of nitro groups is 1. The molecular weight excluding hydrogens is 256 g/mol. The second-order valence-corrected chi connectivity index (χ2v) is 5.52. The predicted molar refractivity (Wildman–Crippen MR) is 79.3 cm³/mol. The molecule has 0 saturated heterocycles. The van der Waals surface area contributed by atoms with Gasteiger partial charge in [0.1, 0.15) is 5.69 Å². The molecule has 1 fully saturated rings. The molecule has 0 amide bonds. The fourth-order valence-electron chi connectivity index (χ4n) is 2.71. The van der Waals surface area contributed by atoms with E-state index in [1.165, 1.54) is 6.42 Å². The minimum Gasteiger partial charge on any atom is -0.487 e. The van der Waals surface area contributed by atoms with Crippen LogP contribution in [0.5, 0.6) is 5.75 Å². The number of ether oxygens (including phenoxy) is 1. The highest BCUT2D eigenvalue weighted by Crippen LogP contribution is 2.37. The van der Waals surface area contributed by atoms with Crippen LogP contribution in [0.3, 0.4) is 0 Å². The summed E-state index contributed by atoms with van der Waals surface area (Å²) < 4.78 is 5.49. The van der Waals surface area contributed by atoms with Crippen molar-refractivity contribution in [3.8, 4) is 5.75 Å². The Labute approximate surface area is 119 Å². The van der Waals surface area contributed by atoms with Gasteiger partial charge in [-0.25, -0.2) is 0 Å². The van der Waals surface area contributed by atoms with Gasteiger partial charge >= 0.3 is 5.69 Å². The SMILES string of the molecule is CCCOc1cccc(NC2CCC(C)C2)c1[N+](=O)[O-]. The Balaban J connectivity index is 2.20. The third-order valence-corrected chi connectivity index (χ3v) is 3.70. The van der Waals surface area contributed by atoms with Crippen molar-refractivity contribution in [2.24, 2.45) is 5.92 Å². The molecule has 1 aliphatic rings. The van der Waals surface area contributed by atoms with E-state index in [0.717, 1.165) is 19.3 Å². The zero-order valence-electron chi connectivity index (χ0n) is 12.1. The standard InChI is InChI=1S/C15H22N2O3/c1-3-9-20-14-6-4-5-13(15(14)17(18)19)16-12-8-7-11(2)10-12/h4-6,11-12,16H,3,7-10H2,1-2H3. The molecule has 0 radical (unpaired) electrons. The Morgan fingerprint density at radius 3 is 2.85 bits per heavy atom. The van der Waals surface area contributed by atoms with Crippen molar-refractivity contribution in [2.45, 2.75) is 45.6 Å². The highest BCUT2D eigenvalue weighted by molar-refractivity contribution is 5.68. The van der Waals surface area contributed by atoms with Gasteiger partial charge in [-0.2, -0.15) is 0 Å². The lowest BCUT2D eigenvalue weighted by Gasteiger charge is -2.15. The van der Waals surface area contributed by atoms with Gasteiger partial charge in [0.25, 0.3) is 0 Å². The summed E-state index contributed by atoms with van der Waals surface area (Å²) in [5.74, 6) is 1.04. The van der Waals surface area contributed by atoms with Crippen LogP contribution in [-0.4, -0.2) is 17.6 Å². The van der Waals surface area contributed by atoms with Gasteiger partial charge in [-0.1, -0.05) is 19.9 Å². The van der Waals surface area contributed by atoms with Crippen molar-refractivity contribution >= 4 is 11.4 Å². The third-order valence-electron chi connectivity index (χ3n) is 3.70. The molecule has 1 N–H and O–H groups in total. The van der Waals surface area contributed by atoms with Crippen LogP contribution in [0.2, 0.25) is 0 Å². The van der Waals surface area contributed by atoms with E-state index in [1.807, 2.05) is 6.92 Å². The number of anilines is 1. The number of hydrogen-bond donors (Lipinski definition) is 1. The Morgan fingerprint density at radius 1 is 1.45 bits per heavy atom. The van der Waals surface area contributed by atoms with Crippen LogP contribution in [0.4, 0.5) is 11.4 Å². The molecule has 0 aliphatic heterocycles. The molecule has 1 aromatic rings. The Morgan fingerprint density at radius 2 is 2.25 bits per heavy atom. The molecule has 1 saturated carbocycles. The van der Waals surface area contributed by atoms with Gasteiger partial charge < -0.3 is 10.1 Å². The molecule has 2 rings (SSSR count). The fourth-order valence-corrected chi connectivity index (χ4v) is 2.71. The van der Waals surface area contributed by atoms with E-state index >= 15 is 0 Å². The summed E-state index contributed by atoms with van der Waals surface area (Å²) in [5.41, 5.74) is 0.628. The summed E-state index contributed by atoms with van der Waals surface area (Å²) in [7, 11) is 0. The highest BCUT2D eigenvalue weighted by Gasteiger charge is 2.26. The number of para-hydroxylation sites is 1. The van der Waals surface area contributed by atoms with Crippen molar-refractivity contribution in [3.05, 3.63) is 28.3 Å². The van der Waals surface area contributed by atoms with E-state index in [0.29, 0.717) is 30.0 Å². The lowest BCUT2D eigenvalue weighted by atomic mass is 10.1. The quantitative estimate of drug-likeness (QED) is 0.631. The van der Waals surface area contributed by atoms with Gasteiger partial charge in [-0.3, -0.25) is 10.1 Å². The minimum absolute atomic E-state index is 0.0560. The first kappa shape index (κ1) is 14.6. The highest BCUT2D eigenvalue weighted by atomic mass is 16.6. The number of nitro benzene ring substituents is 1. The fraction of sp³-hybridized carbons (Fsp3) is 0.600. The number of hydrogen-bond acceptors (Lipinski definition) is 4. The largest absolute Gasteiger partial charge is 0.487 e. The maximum absolute atomic E-state index is 11.3. The second kappa shape index (κ2) is 6.59. The summed E-state index contributed by atoms with van der Waals surface area (Å²) in [6.45, 7) is 4.69. The first-order valence-electron chi connectivity index (χ1n) is 7.28. The van der Waals surface area contributed by atoms with Gasteiger partial charge in [0, 0.05) is 6.04 Å². The molecule has 0 aromatic heterocycles. The van der Waals surface area contributed by atoms with Crippen molar-refractivity contribution in [2.75, 3.05) is 11.9 Å². The van der Waals surface area contributed by atoms with E-state index in [2.05, 4.69) is 12.2 Å². The Hall–Kier alpha value is -1.78. The molecule has 0 spiro atoms. The van der Waals surface area contributed by atoms with Crippen molar-refractivity contribution in [3.63, 3.8) is 0 Å². The average Bonchev–Trinajstić information content (AvgIpc) is 2.81. The molecule has 0 bridgehead atoms. The molecule has 20 heavy (non-hydrogen) atoms. The lowest BCUT2D eigenvalue weighted by Crippen LogP contribution is -2.16. The van der Waals surface area contributed by atoms with Crippen LogP contribution < -0.4 is 10.1 Å². The first-order valence-corrected chi connectivity index (χ1v) is 7.28. The topological polar surface area (TPSA) is 64.4 Å². The van der Waals surface area contributed by atoms with E-state index in [4.69, 9.17) is 4.74 Å². The van der Waals surface area contributed by atoms with Gasteiger partial charge in [0.2, 0.25) is 0 Å². The molecular formula is C15H22N2O3. The van der Waals surface area contributed by atoms with Crippen LogP contribution in [0.15, 0.2) is 18.2 Å². The zero-order chi connectivity index (χ0) is 14.5. The maximum Gasteiger partial charge on any atom is 0.333 e. The molecule has 2 atom stereocenters. The molecule has 5 nitrogen and oxygen atoms in total. The van der Waals surface area contributed by atoms with Gasteiger partial charge in [0.05, 0.1) is 11.5 Å². The number of benzene rings is 1. The maximum atomic E-state index is 11.3. The van der Waals surface area contributed by atoms with Crippen LogP contribution >= 0.6 is 0 Å². The predicted octanol–water partition coefficient (Wildman–Crippen LogP) is 3.98. The summed E-state index contributed by atoms with van der Waals surface area (Å²) in [6, 6.07) is 5.56. The molecule has 5 heteroatoms. The molecule has 1 aromatic carbocycles. The number of nitrogens with one attached hydrogen (secondary N) is 1. The Kier molecular flexibility index (Phi) is 4.82.